The van der Waals surface area contributed by atoms with Crippen molar-refractivity contribution in [3.8, 4) is 28.5 Å². The average Bonchev–Trinajstić information content (AvgIpc) is 3.74. The Morgan fingerprint density at radius 3 is 2.13 bits per heavy atom. The highest BCUT2D eigenvalue weighted by molar-refractivity contribution is 6.30. The molecule has 8 nitrogen and oxygen atoms in total. The summed E-state index contributed by atoms with van der Waals surface area (Å²) in [4.78, 5) is 27.0. The van der Waals surface area contributed by atoms with Gasteiger partial charge in [0.25, 0.3) is 0 Å². The molecule has 0 atom stereocenters. The summed E-state index contributed by atoms with van der Waals surface area (Å²) in [5.41, 5.74) is 6.72. The minimum atomic E-state index is -0.345. The van der Waals surface area contributed by atoms with Gasteiger partial charge in [-0.25, -0.2) is 19.7 Å². The molecule has 2 amide bonds. The van der Waals surface area contributed by atoms with Crippen molar-refractivity contribution in [1.82, 2.24) is 23.9 Å². The third-order valence-corrected chi connectivity index (χ3v) is 7.78. The van der Waals surface area contributed by atoms with Crippen LogP contribution in [0.15, 0.2) is 128 Å². The molecule has 220 valence electrons. The Labute approximate surface area is 269 Å². The maximum atomic E-state index is 12.9. The second-order valence-corrected chi connectivity index (χ2v) is 11.3. The summed E-state index contributed by atoms with van der Waals surface area (Å²) in [5.74, 6) is 1.34. The van der Waals surface area contributed by atoms with Gasteiger partial charge in [0.1, 0.15) is 5.82 Å². The Morgan fingerprint density at radius 2 is 1.38 bits per heavy atom. The van der Waals surface area contributed by atoms with E-state index in [0.717, 1.165) is 23.1 Å². The number of nitrogens with zero attached hydrogens (tertiary/aromatic N) is 5. The van der Waals surface area contributed by atoms with Crippen LogP contribution in [-0.4, -0.2) is 30.0 Å². The van der Waals surface area contributed by atoms with Gasteiger partial charge in [-0.3, -0.25) is 4.57 Å². The Kier molecular flexibility index (Phi) is 7.73. The van der Waals surface area contributed by atoms with E-state index < -0.39 is 0 Å². The Morgan fingerprint density at radius 1 is 0.711 bits per heavy atom. The number of hydrogen-bond acceptors (Lipinski definition) is 4. The Balaban J connectivity index is 1.10. The minimum Gasteiger partial charge on any atom is -0.308 e. The number of carbonyl (C=O) groups excluding carboxylic acids is 1. The van der Waals surface area contributed by atoms with Gasteiger partial charge in [0.2, 0.25) is 0 Å². The van der Waals surface area contributed by atoms with E-state index in [9.17, 15) is 4.79 Å². The highest BCUT2D eigenvalue weighted by atomic mass is 35.5. The lowest BCUT2D eigenvalue weighted by atomic mass is 10.0. The summed E-state index contributed by atoms with van der Waals surface area (Å²) in [5, 5.41) is 7.21. The molecule has 0 aliphatic rings. The molecule has 0 unspecified atom stereocenters. The van der Waals surface area contributed by atoms with Crippen molar-refractivity contribution in [2.45, 2.75) is 6.42 Å². The van der Waals surface area contributed by atoms with Crippen molar-refractivity contribution in [2.75, 3.05) is 10.6 Å². The minimum absolute atomic E-state index is 0.345. The maximum absolute atomic E-state index is 12.9. The molecule has 3 heterocycles. The van der Waals surface area contributed by atoms with E-state index in [1.54, 1.807) is 12.4 Å². The van der Waals surface area contributed by atoms with Crippen LogP contribution in [0.4, 0.5) is 16.2 Å². The quantitative estimate of drug-likeness (QED) is 0.184. The van der Waals surface area contributed by atoms with Crippen molar-refractivity contribution in [1.29, 1.82) is 0 Å². The van der Waals surface area contributed by atoms with Gasteiger partial charge in [-0.2, -0.15) is 0 Å². The van der Waals surface area contributed by atoms with E-state index in [-0.39, 0.29) is 6.03 Å². The van der Waals surface area contributed by atoms with Gasteiger partial charge in [-0.15, -0.1) is 0 Å². The van der Waals surface area contributed by atoms with Crippen LogP contribution in [0.3, 0.4) is 0 Å². The number of urea groups is 1. The Bertz CT molecular complexity index is 2120. The monoisotopic (exact) mass is 629 g/mol. The van der Waals surface area contributed by atoms with Gasteiger partial charge in [0.05, 0.1) is 5.69 Å². The molecule has 0 saturated heterocycles. The molecule has 0 radical (unpaired) electrons. The van der Waals surface area contributed by atoms with Gasteiger partial charge < -0.3 is 15.0 Å². The number of rotatable bonds is 7. The molecule has 45 heavy (non-hydrogen) atoms. The molecule has 0 aliphatic heterocycles. The predicted octanol–water partition coefficient (Wildman–Crippen LogP) is 8.79. The summed E-state index contributed by atoms with van der Waals surface area (Å²) >= 11 is 12.1. The number of imidazole rings is 2. The summed E-state index contributed by atoms with van der Waals surface area (Å²) in [6.07, 6.45) is 9.89. The molecule has 2 N–H and O–H groups in total. The lowest BCUT2D eigenvalue weighted by Crippen LogP contribution is -2.19. The SMILES string of the molecule is O=C(Nc1ccc(Cc2ccc(Cl)cc2)cc1)Nc1cccc(-c2cn3ccnc3c(-n3ccnc3-c3ccc(Cl)cc3)n2)c1. The smallest absolute Gasteiger partial charge is 0.308 e. The van der Waals surface area contributed by atoms with Gasteiger partial charge in [0, 0.05) is 63.5 Å². The van der Waals surface area contributed by atoms with Gasteiger partial charge in [-0.1, -0.05) is 59.6 Å². The average molecular weight is 631 g/mol. The summed E-state index contributed by atoms with van der Waals surface area (Å²) in [7, 11) is 0. The first kappa shape index (κ1) is 28.3. The predicted molar refractivity (Wildman–Crippen MR) is 179 cm³/mol. The first-order chi connectivity index (χ1) is 22.0. The number of fused-ring (bicyclic) bond motifs is 1. The van der Waals surface area contributed by atoms with Gasteiger partial charge >= 0.3 is 6.03 Å². The molecule has 4 aromatic carbocycles. The van der Waals surface area contributed by atoms with Crippen LogP contribution in [0.1, 0.15) is 11.1 Å². The zero-order valence-corrected chi connectivity index (χ0v) is 25.2. The van der Waals surface area contributed by atoms with Crippen LogP contribution in [0.25, 0.3) is 34.1 Å². The second kappa shape index (κ2) is 12.3. The number of nitrogens with one attached hydrogen (secondary N) is 2. The third kappa shape index (κ3) is 6.28. The fourth-order valence-electron chi connectivity index (χ4n) is 5.10. The first-order valence-corrected chi connectivity index (χ1v) is 14.9. The van der Waals surface area contributed by atoms with Crippen molar-refractivity contribution in [3.05, 3.63) is 149 Å². The first-order valence-electron chi connectivity index (χ1n) is 14.1. The van der Waals surface area contributed by atoms with Crippen molar-refractivity contribution in [2.24, 2.45) is 0 Å². The number of hydrogen-bond donors (Lipinski definition) is 2. The Hall–Kier alpha value is -5.44. The van der Waals surface area contributed by atoms with Crippen LogP contribution in [0.5, 0.6) is 0 Å². The number of aromatic nitrogens is 5. The summed E-state index contributed by atoms with van der Waals surface area (Å²) in [6, 6.07) is 30.3. The molecule has 0 bridgehead atoms. The largest absolute Gasteiger partial charge is 0.323 e. The molecule has 7 aromatic rings. The molecule has 7 rings (SSSR count). The highest BCUT2D eigenvalue weighted by Crippen LogP contribution is 2.28. The van der Waals surface area contributed by atoms with Crippen LogP contribution < -0.4 is 10.6 Å². The lowest BCUT2D eigenvalue weighted by molar-refractivity contribution is 0.262. The molecule has 10 heteroatoms. The molecule has 0 saturated carbocycles. The van der Waals surface area contributed by atoms with Crippen LogP contribution in [-0.2, 0) is 6.42 Å². The zero-order chi connectivity index (χ0) is 30.8. The van der Waals surface area contributed by atoms with Gasteiger partial charge in [-0.05, 0) is 78.2 Å². The molecular weight excluding hydrogens is 605 g/mol. The van der Waals surface area contributed by atoms with E-state index >= 15 is 0 Å². The molecule has 0 aliphatic carbocycles. The number of halogens is 2. The van der Waals surface area contributed by atoms with Crippen molar-refractivity contribution in [3.63, 3.8) is 0 Å². The van der Waals surface area contributed by atoms with E-state index in [2.05, 4.69) is 20.6 Å². The van der Waals surface area contributed by atoms with E-state index in [1.807, 2.05) is 125 Å². The highest BCUT2D eigenvalue weighted by Gasteiger charge is 2.16. The van der Waals surface area contributed by atoms with Gasteiger partial charge in [0.15, 0.2) is 11.5 Å². The summed E-state index contributed by atoms with van der Waals surface area (Å²) < 4.78 is 3.83. The number of anilines is 2. The fourth-order valence-corrected chi connectivity index (χ4v) is 5.35. The fraction of sp³-hybridized carbons (Fsp3) is 0.0286. The van der Waals surface area contributed by atoms with Crippen molar-refractivity contribution < 1.29 is 4.79 Å². The summed E-state index contributed by atoms with van der Waals surface area (Å²) in [6.45, 7) is 0. The third-order valence-electron chi connectivity index (χ3n) is 7.28. The number of benzene rings is 4. The van der Waals surface area contributed by atoms with Crippen molar-refractivity contribution >= 4 is 46.3 Å². The molecule has 0 spiro atoms. The van der Waals surface area contributed by atoms with E-state index in [4.69, 9.17) is 28.2 Å². The maximum Gasteiger partial charge on any atom is 0.323 e. The van der Waals surface area contributed by atoms with Crippen LogP contribution in [0.2, 0.25) is 10.0 Å². The molecule has 0 fully saturated rings. The molecule has 3 aromatic heterocycles. The second-order valence-electron chi connectivity index (χ2n) is 10.4. The standard InChI is InChI=1S/C35H25Cl2N7O/c36-27-10-4-23(5-11-27)20-24-6-14-29(15-7-24)40-35(45)41-30-3-1-2-26(21-30)31-22-43-18-16-39-33(43)34(42-31)44-19-17-38-32(44)25-8-12-28(37)13-9-25/h1-19,21-22H,20H2,(H2,40,41,45). The topological polar surface area (TPSA) is 89.1 Å². The molecular formula is C35H25Cl2N7O. The number of carbonyl (C=O) groups is 1. The number of amides is 2. The zero-order valence-electron chi connectivity index (χ0n) is 23.7. The lowest BCUT2D eigenvalue weighted by Gasteiger charge is -2.12. The van der Waals surface area contributed by atoms with E-state index in [1.165, 1.54) is 5.56 Å². The van der Waals surface area contributed by atoms with Crippen LogP contribution in [0, 0.1) is 0 Å². The van der Waals surface area contributed by atoms with E-state index in [0.29, 0.717) is 44.4 Å². The van der Waals surface area contributed by atoms with Crippen LogP contribution >= 0.6 is 23.2 Å². The normalized spacial score (nSPS) is 11.1.